The van der Waals surface area contributed by atoms with Crippen molar-refractivity contribution in [3.63, 3.8) is 0 Å². The Bertz CT molecular complexity index is 1090. The smallest absolute Gasteiger partial charge is 0.274 e. The van der Waals surface area contributed by atoms with E-state index in [4.69, 9.17) is 0 Å². The van der Waals surface area contributed by atoms with Crippen molar-refractivity contribution < 1.29 is 9.59 Å². The van der Waals surface area contributed by atoms with Gasteiger partial charge >= 0.3 is 0 Å². The molecule has 0 aromatic carbocycles. The Kier molecular flexibility index (Phi) is 4.47. The van der Waals surface area contributed by atoms with Crippen LogP contribution in [-0.2, 0) is 4.79 Å². The van der Waals surface area contributed by atoms with Crippen LogP contribution in [0.5, 0.6) is 0 Å². The van der Waals surface area contributed by atoms with E-state index in [0.29, 0.717) is 35.5 Å². The summed E-state index contributed by atoms with van der Waals surface area (Å²) in [6.45, 7) is 5.54. The second-order valence-corrected chi connectivity index (χ2v) is 11.1. The molecule has 6 heteroatoms. The van der Waals surface area contributed by atoms with Gasteiger partial charge in [0.1, 0.15) is 17.2 Å². The molecule has 4 saturated carbocycles. The lowest BCUT2D eigenvalue weighted by atomic mass is 9.69. The largest absolute Gasteiger partial charge is 0.338 e. The Morgan fingerprint density at radius 1 is 1.25 bits per heavy atom. The molecule has 1 spiro atoms. The fourth-order valence-electron chi connectivity index (χ4n) is 7.52. The molecule has 0 aliphatic heterocycles. The van der Waals surface area contributed by atoms with Gasteiger partial charge in [-0.25, -0.2) is 4.98 Å². The van der Waals surface area contributed by atoms with Crippen molar-refractivity contribution in [3.8, 4) is 0 Å². The van der Waals surface area contributed by atoms with Gasteiger partial charge in [0.25, 0.3) is 5.91 Å². The third-order valence-electron chi connectivity index (χ3n) is 8.98. The molecule has 2 aromatic heterocycles. The summed E-state index contributed by atoms with van der Waals surface area (Å²) in [5, 5.41) is 3.15. The number of fused-ring (bicyclic) bond motifs is 3. The summed E-state index contributed by atoms with van der Waals surface area (Å²) in [6.07, 6.45) is 11.1. The SMILES string of the molecule is CCCCN(CC)C(=O)c1cn2c(NC(=O)CC34CC5CC5C5(CC5C3)C4)cccc2n1. The average Bonchev–Trinajstić information content (AvgIpc) is 3.59. The molecule has 2 bridgehead atoms. The number of hydrogen-bond acceptors (Lipinski definition) is 3. The van der Waals surface area contributed by atoms with Crippen molar-refractivity contribution in [2.75, 3.05) is 18.4 Å². The van der Waals surface area contributed by atoms with Gasteiger partial charge in [0, 0.05) is 25.7 Å². The maximum Gasteiger partial charge on any atom is 0.274 e. The zero-order chi connectivity index (χ0) is 22.1. The highest BCUT2D eigenvalue weighted by molar-refractivity contribution is 5.94. The first kappa shape index (κ1) is 20.3. The summed E-state index contributed by atoms with van der Waals surface area (Å²) in [4.78, 5) is 32.5. The topological polar surface area (TPSA) is 66.7 Å². The van der Waals surface area contributed by atoms with E-state index in [1.807, 2.05) is 34.4 Å². The number of amides is 2. The summed E-state index contributed by atoms with van der Waals surface area (Å²) >= 11 is 0. The van der Waals surface area contributed by atoms with Gasteiger partial charge in [0.05, 0.1) is 0 Å². The predicted octanol–water partition coefficient (Wildman–Crippen LogP) is 4.75. The van der Waals surface area contributed by atoms with E-state index in [9.17, 15) is 9.59 Å². The Labute approximate surface area is 189 Å². The lowest BCUT2D eigenvalue weighted by Crippen LogP contribution is -2.32. The molecule has 6 nitrogen and oxygen atoms in total. The van der Waals surface area contributed by atoms with Crippen LogP contribution in [0.2, 0.25) is 0 Å². The van der Waals surface area contributed by atoms with Crippen molar-refractivity contribution in [3.05, 3.63) is 30.1 Å². The third-order valence-corrected chi connectivity index (χ3v) is 8.98. The van der Waals surface area contributed by atoms with Crippen molar-refractivity contribution in [2.24, 2.45) is 28.6 Å². The molecule has 5 atom stereocenters. The minimum absolute atomic E-state index is 0.0440. The van der Waals surface area contributed by atoms with Crippen LogP contribution in [0, 0.1) is 28.6 Å². The van der Waals surface area contributed by atoms with Crippen LogP contribution >= 0.6 is 0 Å². The standard InChI is InChI=1S/C26H34N4O2/c1-3-5-9-29(4-2)24(32)20-15-30-21(27-20)7-6-8-22(30)28-23(31)14-25-11-17-10-19(17)26(16-25)13-18(26)12-25/h6-8,15,17-19H,3-5,9-14,16H2,1-2H3,(H,28,31). The Morgan fingerprint density at radius 2 is 2.12 bits per heavy atom. The van der Waals surface area contributed by atoms with Crippen molar-refractivity contribution in [1.29, 1.82) is 0 Å². The van der Waals surface area contributed by atoms with E-state index in [-0.39, 0.29) is 17.2 Å². The van der Waals surface area contributed by atoms with Gasteiger partial charge < -0.3 is 10.2 Å². The molecular formula is C26H34N4O2. The quantitative estimate of drug-likeness (QED) is 0.652. The molecule has 4 fully saturated rings. The number of pyridine rings is 1. The first-order chi connectivity index (χ1) is 15.5. The van der Waals surface area contributed by atoms with Gasteiger partial charge in [-0.2, -0.15) is 0 Å². The number of unbranched alkanes of at least 4 members (excludes halogenated alkanes) is 1. The first-order valence-electron chi connectivity index (χ1n) is 12.5. The molecule has 5 unspecified atom stereocenters. The average molecular weight is 435 g/mol. The van der Waals surface area contributed by atoms with E-state index < -0.39 is 0 Å². The Hall–Kier alpha value is -2.37. The second-order valence-electron chi connectivity index (χ2n) is 11.1. The van der Waals surface area contributed by atoms with E-state index in [0.717, 1.165) is 37.1 Å². The van der Waals surface area contributed by atoms with Crippen LogP contribution in [0.1, 0.15) is 75.7 Å². The van der Waals surface area contributed by atoms with Crippen LogP contribution in [0.3, 0.4) is 0 Å². The fraction of sp³-hybridized carbons (Fsp3) is 0.654. The third kappa shape index (κ3) is 3.09. The predicted molar refractivity (Wildman–Crippen MR) is 123 cm³/mol. The fourth-order valence-corrected chi connectivity index (χ4v) is 7.52. The zero-order valence-corrected chi connectivity index (χ0v) is 19.3. The molecule has 6 rings (SSSR count). The highest BCUT2D eigenvalue weighted by atomic mass is 16.2. The number of nitrogens with one attached hydrogen (secondary N) is 1. The lowest BCUT2D eigenvalue weighted by molar-refractivity contribution is -0.119. The summed E-state index contributed by atoms with van der Waals surface area (Å²) in [5.41, 5.74) is 1.99. The van der Waals surface area contributed by atoms with Crippen molar-refractivity contribution in [1.82, 2.24) is 14.3 Å². The highest BCUT2D eigenvalue weighted by Gasteiger charge is 2.76. The van der Waals surface area contributed by atoms with Gasteiger partial charge in [-0.05, 0) is 86.2 Å². The summed E-state index contributed by atoms with van der Waals surface area (Å²) in [6, 6.07) is 5.68. The van der Waals surface area contributed by atoms with E-state index in [1.54, 1.807) is 6.20 Å². The Balaban J connectivity index is 1.18. The normalized spacial score (nSPS) is 33.5. The minimum atomic E-state index is -0.0440. The molecular weight excluding hydrogens is 400 g/mol. The van der Waals surface area contributed by atoms with E-state index in [2.05, 4.69) is 17.2 Å². The molecule has 32 heavy (non-hydrogen) atoms. The van der Waals surface area contributed by atoms with Crippen LogP contribution in [-0.4, -0.2) is 39.2 Å². The Morgan fingerprint density at radius 3 is 2.94 bits per heavy atom. The number of anilines is 1. The molecule has 4 aliphatic carbocycles. The number of aromatic nitrogens is 2. The van der Waals surface area contributed by atoms with Crippen LogP contribution in [0.4, 0.5) is 5.82 Å². The molecule has 2 aromatic rings. The molecule has 170 valence electrons. The molecule has 2 amide bonds. The zero-order valence-electron chi connectivity index (χ0n) is 19.3. The molecule has 2 heterocycles. The number of nitrogens with zero attached hydrogens (tertiary/aromatic N) is 3. The molecule has 4 aliphatic rings. The van der Waals surface area contributed by atoms with Gasteiger partial charge in [0.2, 0.25) is 5.91 Å². The summed E-state index contributed by atoms with van der Waals surface area (Å²) in [5.74, 6) is 3.54. The minimum Gasteiger partial charge on any atom is -0.338 e. The van der Waals surface area contributed by atoms with Crippen LogP contribution in [0.15, 0.2) is 24.4 Å². The monoisotopic (exact) mass is 434 g/mol. The van der Waals surface area contributed by atoms with E-state index >= 15 is 0 Å². The van der Waals surface area contributed by atoms with Crippen LogP contribution in [0.25, 0.3) is 5.65 Å². The number of carbonyl (C=O) groups is 2. The number of imidazole rings is 1. The first-order valence-corrected chi connectivity index (χ1v) is 12.5. The number of carbonyl (C=O) groups excluding carboxylic acids is 2. The highest BCUT2D eigenvalue weighted by Crippen LogP contribution is 2.84. The molecule has 0 saturated heterocycles. The number of hydrogen-bond donors (Lipinski definition) is 1. The van der Waals surface area contributed by atoms with Gasteiger partial charge in [-0.15, -0.1) is 0 Å². The lowest BCUT2D eigenvalue weighted by Gasteiger charge is -2.35. The van der Waals surface area contributed by atoms with E-state index in [1.165, 1.54) is 32.1 Å². The summed E-state index contributed by atoms with van der Waals surface area (Å²) in [7, 11) is 0. The summed E-state index contributed by atoms with van der Waals surface area (Å²) < 4.78 is 1.85. The maximum absolute atomic E-state index is 13.1. The molecule has 0 radical (unpaired) electrons. The van der Waals surface area contributed by atoms with Crippen LogP contribution < -0.4 is 5.32 Å². The van der Waals surface area contributed by atoms with Crippen molar-refractivity contribution in [2.45, 2.75) is 65.2 Å². The van der Waals surface area contributed by atoms with Gasteiger partial charge in [-0.1, -0.05) is 19.4 Å². The second kappa shape index (κ2) is 7.06. The number of rotatable bonds is 8. The van der Waals surface area contributed by atoms with Gasteiger partial charge in [-0.3, -0.25) is 14.0 Å². The van der Waals surface area contributed by atoms with Crippen molar-refractivity contribution >= 4 is 23.3 Å². The van der Waals surface area contributed by atoms with Gasteiger partial charge in [0.15, 0.2) is 0 Å². The molecule has 1 N–H and O–H groups in total. The maximum atomic E-state index is 13.1.